The van der Waals surface area contributed by atoms with Gasteiger partial charge in [-0.05, 0) is 63.4 Å². The van der Waals surface area contributed by atoms with Crippen molar-refractivity contribution < 1.29 is 4.74 Å². The SMILES string of the molecule is CN1CCC(c2ccnc3nc(C4CCOCC4)[nH]c23)CC1. The molecule has 22 heavy (non-hydrogen) atoms. The highest BCUT2D eigenvalue weighted by molar-refractivity contribution is 5.75. The second kappa shape index (κ2) is 5.97. The lowest BCUT2D eigenvalue weighted by molar-refractivity contribution is 0.0838. The van der Waals surface area contributed by atoms with Gasteiger partial charge in [0.2, 0.25) is 0 Å². The summed E-state index contributed by atoms with van der Waals surface area (Å²) in [5.41, 5.74) is 3.46. The van der Waals surface area contributed by atoms with E-state index in [0.717, 1.165) is 37.5 Å². The molecule has 2 aliphatic rings. The summed E-state index contributed by atoms with van der Waals surface area (Å²) < 4.78 is 5.46. The molecule has 2 aliphatic heterocycles. The summed E-state index contributed by atoms with van der Waals surface area (Å²) in [6, 6.07) is 2.18. The molecule has 0 unspecified atom stereocenters. The van der Waals surface area contributed by atoms with Crippen LogP contribution in [0.3, 0.4) is 0 Å². The van der Waals surface area contributed by atoms with E-state index in [1.165, 1.54) is 37.0 Å². The molecule has 0 amide bonds. The zero-order valence-corrected chi connectivity index (χ0v) is 13.2. The zero-order valence-electron chi connectivity index (χ0n) is 13.2. The Kier molecular flexibility index (Phi) is 3.84. The largest absolute Gasteiger partial charge is 0.381 e. The van der Waals surface area contributed by atoms with Crippen LogP contribution in [0, 0.1) is 0 Å². The number of ether oxygens (including phenoxy) is 1. The first kappa shape index (κ1) is 14.2. The van der Waals surface area contributed by atoms with Crippen molar-refractivity contribution >= 4 is 11.2 Å². The number of piperidine rings is 1. The molecule has 2 saturated heterocycles. The lowest BCUT2D eigenvalue weighted by atomic mass is 9.89. The smallest absolute Gasteiger partial charge is 0.177 e. The molecule has 4 rings (SSSR count). The molecular formula is C17H24N4O. The van der Waals surface area contributed by atoms with Gasteiger partial charge in [0.15, 0.2) is 5.65 Å². The number of likely N-dealkylation sites (tertiary alicyclic amines) is 1. The first-order valence-corrected chi connectivity index (χ1v) is 8.42. The third kappa shape index (κ3) is 2.63. The molecule has 5 nitrogen and oxygen atoms in total. The molecule has 0 radical (unpaired) electrons. The molecule has 0 atom stereocenters. The van der Waals surface area contributed by atoms with Crippen LogP contribution in [0.4, 0.5) is 0 Å². The van der Waals surface area contributed by atoms with Crippen LogP contribution in [0.5, 0.6) is 0 Å². The minimum absolute atomic E-state index is 0.494. The molecule has 0 aromatic carbocycles. The molecule has 0 bridgehead atoms. The van der Waals surface area contributed by atoms with E-state index >= 15 is 0 Å². The molecular weight excluding hydrogens is 276 g/mol. The van der Waals surface area contributed by atoms with Gasteiger partial charge in [-0.1, -0.05) is 0 Å². The van der Waals surface area contributed by atoms with Crippen LogP contribution in [-0.2, 0) is 4.74 Å². The zero-order chi connectivity index (χ0) is 14.9. The molecule has 1 N–H and O–H groups in total. The highest BCUT2D eigenvalue weighted by Crippen LogP contribution is 2.33. The third-order valence-electron chi connectivity index (χ3n) is 5.21. The Morgan fingerprint density at radius 2 is 1.91 bits per heavy atom. The first-order valence-electron chi connectivity index (χ1n) is 8.42. The average Bonchev–Trinajstić information content (AvgIpc) is 3.01. The standard InChI is InChI=1S/C17H24N4O/c1-21-8-3-12(4-9-21)14-2-7-18-17-15(14)19-16(20-17)13-5-10-22-11-6-13/h2,7,12-13H,3-6,8-11H2,1H3,(H,18,19,20). The minimum Gasteiger partial charge on any atom is -0.381 e. The summed E-state index contributed by atoms with van der Waals surface area (Å²) in [4.78, 5) is 15.3. The number of imidazole rings is 1. The van der Waals surface area contributed by atoms with Gasteiger partial charge in [0.25, 0.3) is 0 Å². The number of aromatic nitrogens is 3. The van der Waals surface area contributed by atoms with Crippen LogP contribution in [0.2, 0.25) is 0 Å². The average molecular weight is 300 g/mol. The Morgan fingerprint density at radius 3 is 2.68 bits per heavy atom. The predicted octanol–water partition coefficient (Wildman–Crippen LogP) is 2.66. The lowest BCUT2D eigenvalue weighted by Crippen LogP contribution is -2.29. The summed E-state index contributed by atoms with van der Waals surface area (Å²) in [7, 11) is 2.21. The number of nitrogens with one attached hydrogen (secondary N) is 1. The summed E-state index contributed by atoms with van der Waals surface area (Å²) in [6.45, 7) is 4.04. The van der Waals surface area contributed by atoms with Crippen LogP contribution < -0.4 is 0 Å². The van der Waals surface area contributed by atoms with E-state index in [-0.39, 0.29) is 0 Å². The highest BCUT2D eigenvalue weighted by atomic mass is 16.5. The summed E-state index contributed by atoms with van der Waals surface area (Å²) in [6.07, 6.45) is 6.49. The van der Waals surface area contributed by atoms with Crippen molar-refractivity contribution in [3.63, 3.8) is 0 Å². The van der Waals surface area contributed by atoms with E-state index < -0.39 is 0 Å². The fraction of sp³-hybridized carbons (Fsp3) is 0.647. The summed E-state index contributed by atoms with van der Waals surface area (Å²) >= 11 is 0. The van der Waals surface area contributed by atoms with Gasteiger partial charge in [0.05, 0.1) is 5.52 Å². The Labute approximate surface area is 131 Å². The number of rotatable bonds is 2. The molecule has 4 heterocycles. The molecule has 2 aromatic heterocycles. The maximum Gasteiger partial charge on any atom is 0.177 e. The quantitative estimate of drug-likeness (QED) is 0.926. The fourth-order valence-corrected chi connectivity index (χ4v) is 3.77. The molecule has 2 fully saturated rings. The number of fused-ring (bicyclic) bond motifs is 1. The van der Waals surface area contributed by atoms with Gasteiger partial charge in [0.1, 0.15) is 5.82 Å². The molecule has 5 heteroatoms. The first-order chi connectivity index (χ1) is 10.8. The number of nitrogens with zero attached hydrogens (tertiary/aromatic N) is 3. The maximum atomic E-state index is 5.46. The van der Waals surface area contributed by atoms with E-state index in [0.29, 0.717) is 11.8 Å². The van der Waals surface area contributed by atoms with Gasteiger partial charge in [-0.25, -0.2) is 9.97 Å². The fourth-order valence-electron chi connectivity index (χ4n) is 3.77. The van der Waals surface area contributed by atoms with Crippen molar-refractivity contribution in [1.29, 1.82) is 0 Å². The number of pyridine rings is 1. The normalized spacial score (nSPS) is 22.4. The Bertz CT molecular complexity index is 639. The second-order valence-corrected chi connectivity index (χ2v) is 6.69. The molecule has 2 aromatic rings. The third-order valence-corrected chi connectivity index (χ3v) is 5.21. The maximum absolute atomic E-state index is 5.46. The number of hydrogen-bond acceptors (Lipinski definition) is 4. The monoisotopic (exact) mass is 300 g/mol. The van der Waals surface area contributed by atoms with Gasteiger partial charge in [-0.3, -0.25) is 0 Å². The van der Waals surface area contributed by atoms with Gasteiger partial charge in [-0.2, -0.15) is 0 Å². The summed E-state index contributed by atoms with van der Waals surface area (Å²) in [5, 5.41) is 0. The van der Waals surface area contributed by atoms with E-state index in [4.69, 9.17) is 9.72 Å². The van der Waals surface area contributed by atoms with Crippen molar-refractivity contribution in [3.8, 4) is 0 Å². The van der Waals surface area contributed by atoms with Gasteiger partial charge in [-0.15, -0.1) is 0 Å². The highest BCUT2D eigenvalue weighted by Gasteiger charge is 2.24. The van der Waals surface area contributed by atoms with E-state index in [2.05, 4.69) is 28.0 Å². The Hall–Kier alpha value is -1.46. The number of aromatic amines is 1. The van der Waals surface area contributed by atoms with E-state index in [1.54, 1.807) is 0 Å². The van der Waals surface area contributed by atoms with Crippen molar-refractivity contribution in [3.05, 3.63) is 23.7 Å². The van der Waals surface area contributed by atoms with Crippen LogP contribution in [0.15, 0.2) is 12.3 Å². The Morgan fingerprint density at radius 1 is 1.14 bits per heavy atom. The van der Waals surface area contributed by atoms with Crippen molar-refractivity contribution in [1.82, 2.24) is 19.9 Å². The van der Waals surface area contributed by atoms with Crippen LogP contribution in [0.25, 0.3) is 11.2 Å². The van der Waals surface area contributed by atoms with Gasteiger partial charge in [0, 0.05) is 25.3 Å². The topological polar surface area (TPSA) is 54.0 Å². The van der Waals surface area contributed by atoms with E-state index in [1.807, 2.05) is 6.20 Å². The Balaban J connectivity index is 1.65. The predicted molar refractivity (Wildman–Crippen MR) is 86.2 cm³/mol. The van der Waals surface area contributed by atoms with E-state index in [9.17, 15) is 0 Å². The molecule has 118 valence electrons. The van der Waals surface area contributed by atoms with Crippen LogP contribution >= 0.6 is 0 Å². The van der Waals surface area contributed by atoms with Crippen LogP contribution in [0.1, 0.15) is 48.9 Å². The van der Waals surface area contributed by atoms with Crippen molar-refractivity contribution in [2.45, 2.75) is 37.5 Å². The minimum atomic E-state index is 0.494. The molecule has 0 spiro atoms. The van der Waals surface area contributed by atoms with Crippen molar-refractivity contribution in [2.24, 2.45) is 0 Å². The lowest BCUT2D eigenvalue weighted by Gasteiger charge is -2.29. The number of H-pyrrole nitrogens is 1. The van der Waals surface area contributed by atoms with Crippen molar-refractivity contribution in [2.75, 3.05) is 33.4 Å². The number of hydrogen-bond donors (Lipinski definition) is 1. The van der Waals surface area contributed by atoms with Gasteiger partial charge < -0.3 is 14.6 Å². The second-order valence-electron chi connectivity index (χ2n) is 6.69. The molecule has 0 aliphatic carbocycles. The van der Waals surface area contributed by atoms with Crippen LogP contribution in [-0.4, -0.2) is 53.2 Å². The molecule has 0 saturated carbocycles. The summed E-state index contributed by atoms with van der Waals surface area (Å²) in [5.74, 6) is 2.23. The van der Waals surface area contributed by atoms with Gasteiger partial charge >= 0.3 is 0 Å².